The van der Waals surface area contributed by atoms with Gasteiger partial charge >= 0.3 is 6.03 Å². The normalized spacial score (nSPS) is 21.1. The molecule has 3 amide bonds. The first kappa shape index (κ1) is 17.8. The number of benzene rings is 1. The van der Waals surface area contributed by atoms with Gasteiger partial charge in [-0.05, 0) is 37.3 Å². The second-order valence-corrected chi connectivity index (χ2v) is 7.71. The SMILES string of the molecule is CCC(=O)N1CCC2(CC1)C[C@H](NC(=O)N(C)C)c1ccc(C)cc12. The van der Waals surface area contributed by atoms with Crippen LogP contribution in [0.1, 0.15) is 55.3 Å². The molecule has 25 heavy (non-hydrogen) atoms. The predicted octanol–water partition coefficient (Wildman–Crippen LogP) is 2.98. The standard InChI is InChI=1S/C20H29N3O2/c1-5-18(24)23-10-8-20(9-11-23)13-17(21-19(25)22(3)4)15-7-6-14(2)12-16(15)20/h6-7,12,17H,5,8-11,13H2,1-4H3,(H,21,25)/t17-/m0/s1. The first-order chi connectivity index (χ1) is 11.9. The summed E-state index contributed by atoms with van der Waals surface area (Å²) < 4.78 is 0. The molecule has 1 aromatic carbocycles. The number of fused-ring (bicyclic) bond motifs is 2. The van der Waals surface area contributed by atoms with Crippen molar-refractivity contribution < 1.29 is 9.59 Å². The Bertz CT molecular complexity index is 676. The summed E-state index contributed by atoms with van der Waals surface area (Å²) in [7, 11) is 3.54. The molecular weight excluding hydrogens is 314 g/mol. The van der Waals surface area contributed by atoms with Gasteiger partial charge < -0.3 is 15.1 Å². The van der Waals surface area contributed by atoms with E-state index in [9.17, 15) is 9.59 Å². The number of urea groups is 1. The maximum Gasteiger partial charge on any atom is 0.317 e. The Labute approximate surface area is 150 Å². The van der Waals surface area contributed by atoms with Gasteiger partial charge in [0.1, 0.15) is 0 Å². The fraction of sp³-hybridized carbons (Fsp3) is 0.600. The molecular formula is C20H29N3O2. The summed E-state index contributed by atoms with van der Waals surface area (Å²) in [6.45, 7) is 5.67. The molecule has 1 saturated heterocycles. The van der Waals surface area contributed by atoms with Crippen LogP contribution in [0.25, 0.3) is 0 Å². The highest BCUT2D eigenvalue weighted by molar-refractivity contribution is 5.76. The van der Waals surface area contributed by atoms with Crippen LogP contribution in [0.2, 0.25) is 0 Å². The number of amides is 3. The lowest BCUT2D eigenvalue weighted by atomic mass is 9.73. The Morgan fingerprint density at radius 1 is 1.28 bits per heavy atom. The molecule has 1 spiro atoms. The van der Waals surface area contributed by atoms with E-state index >= 15 is 0 Å². The fourth-order valence-corrected chi connectivity index (χ4v) is 4.33. The number of hydrogen-bond donors (Lipinski definition) is 1. The van der Waals surface area contributed by atoms with Gasteiger partial charge in [-0.2, -0.15) is 0 Å². The molecule has 3 rings (SSSR count). The molecule has 1 fully saturated rings. The van der Waals surface area contributed by atoms with E-state index in [4.69, 9.17) is 0 Å². The third-order valence-electron chi connectivity index (χ3n) is 5.83. The van der Waals surface area contributed by atoms with Crippen molar-refractivity contribution in [2.45, 2.75) is 51.0 Å². The van der Waals surface area contributed by atoms with E-state index in [-0.39, 0.29) is 23.4 Å². The molecule has 1 N–H and O–H groups in total. The molecule has 0 bridgehead atoms. The Balaban J connectivity index is 1.86. The van der Waals surface area contributed by atoms with Gasteiger partial charge in [-0.25, -0.2) is 4.79 Å². The predicted molar refractivity (Wildman–Crippen MR) is 98.5 cm³/mol. The van der Waals surface area contributed by atoms with Crippen molar-refractivity contribution in [1.29, 1.82) is 0 Å². The highest BCUT2D eigenvalue weighted by Gasteiger charge is 2.46. The van der Waals surface area contributed by atoms with Crippen molar-refractivity contribution in [1.82, 2.24) is 15.1 Å². The minimum absolute atomic E-state index is 0.0489. The van der Waals surface area contributed by atoms with E-state index < -0.39 is 0 Å². The number of piperidine rings is 1. The first-order valence-electron chi connectivity index (χ1n) is 9.23. The molecule has 136 valence electrons. The Morgan fingerprint density at radius 3 is 2.56 bits per heavy atom. The largest absolute Gasteiger partial charge is 0.343 e. The van der Waals surface area contributed by atoms with E-state index in [0.29, 0.717) is 6.42 Å². The molecule has 5 nitrogen and oxygen atoms in total. The lowest BCUT2D eigenvalue weighted by Crippen LogP contribution is -2.44. The smallest absolute Gasteiger partial charge is 0.317 e. The van der Waals surface area contributed by atoms with Crippen molar-refractivity contribution in [3.63, 3.8) is 0 Å². The molecule has 0 unspecified atom stereocenters. The molecule has 1 atom stereocenters. The zero-order valence-corrected chi connectivity index (χ0v) is 15.8. The van der Waals surface area contributed by atoms with Crippen LogP contribution in [0.5, 0.6) is 0 Å². The monoisotopic (exact) mass is 343 g/mol. The molecule has 5 heteroatoms. The molecule has 0 radical (unpaired) electrons. The van der Waals surface area contributed by atoms with Crippen molar-refractivity contribution >= 4 is 11.9 Å². The number of carbonyl (C=O) groups is 2. The van der Waals surface area contributed by atoms with Crippen LogP contribution in [0.15, 0.2) is 18.2 Å². The first-order valence-corrected chi connectivity index (χ1v) is 9.23. The van der Waals surface area contributed by atoms with Crippen LogP contribution in [0.4, 0.5) is 4.79 Å². The lowest BCUT2D eigenvalue weighted by molar-refractivity contribution is -0.132. The second-order valence-electron chi connectivity index (χ2n) is 7.71. The third-order valence-corrected chi connectivity index (χ3v) is 5.83. The maximum absolute atomic E-state index is 12.2. The van der Waals surface area contributed by atoms with Crippen LogP contribution in [0.3, 0.4) is 0 Å². The van der Waals surface area contributed by atoms with Gasteiger partial charge in [0.25, 0.3) is 0 Å². The van der Waals surface area contributed by atoms with Crippen LogP contribution in [0, 0.1) is 6.92 Å². The van der Waals surface area contributed by atoms with Crippen molar-refractivity contribution in [2.75, 3.05) is 27.2 Å². The number of aryl methyl sites for hydroxylation is 1. The minimum atomic E-state index is -0.0489. The zero-order chi connectivity index (χ0) is 18.2. The van der Waals surface area contributed by atoms with E-state index in [1.54, 1.807) is 19.0 Å². The number of rotatable bonds is 2. The Morgan fingerprint density at radius 2 is 1.96 bits per heavy atom. The molecule has 1 aromatic rings. The summed E-state index contributed by atoms with van der Waals surface area (Å²) in [6, 6.07) is 6.59. The molecule has 1 aliphatic carbocycles. The second kappa shape index (κ2) is 6.70. The quantitative estimate of drug-likeness (QED) is 0.897. The van der Waals surface area contributed by atoms with Gasteiger partial charge in [-0.3, -0.25) is 4.79 Å². The highest BCUT2D eigenvalue weighted by atomic mass is 16.2. The summed E-state index contributed by atoms with van der Waals surface area (Å²) in [6.07, 6.45) is 3.46. The van der Waals surface area contributed by atoms with Crippen molar-refractivity contribution in [2.24, 2.45) is 0 Å². The molecule has 1 aliphatic heterocycles. The summed E-state index contributed by atoms with van der Waals surface area (Å²) in [5, 5.41) is 3.18. The summed E-state index contributed by atoms with van der Waals surface area (Å²) >= 11 is 0. The molecule has 1 heterocycles. The van der Waals surface area contributed by atoms with Gasteiger partial charge in [0.2, 0.25) is 5.91 Å². The van der Waals surface area contributed by atoms with Crippen LogP contribution in [-0.2, 0) is 10.2 Å². The molecule has 2 aliphatic rings. The number of carbonyl (C=O) groups excluding carboxylic acids is 2. The van der Waals surface area contributed by atoms with Crippen molar-refractivity contribution in [3.05, 3.63) is 34.9 Å². The van der Waals surface area contributed by atoms with E-state index in [0.717, 1.165) is 32.4 Å². The molecule has 0 saturated carbocycles. The zero-order valence-electron chi connectivity index (χ0n) is 15.8. The number of hydrogen-bond acceptors (Lipinski definition) is 2. The number of nitrogens with zero attached hydrogens (tertiary/aromatic N) is 2. The van der Waals surface area contributed by atoms with Crippen molar-refractivity contribution in [3.8, 4) is 0 Å². The maximum atomic E-state index is 12.2. The van der Waals surface area contributed by atoms with Crippen LogP contribution in [-0.4, -0.2) is 48.9 Å². The number of nitrogens with one attached hydrogen (secondary N) is 1. The number of likely N-dealkylation sites (tertiary alicyclic amines) is 1. The summed E-state index contributed by atoms with van der Waals surface area (Å²) in [4.78, 5) is 27.8. The van der Waals surface area contributed by atoms with Crippen LogP contribution >= 0.6 is 0 Å². The van der Waals surface area contributed by atoms with Gasteiger partial charge in [0, 0.05) is 39.0 Å². The lowest BCUT2D eigenvalue weighted by Gasteiger charge is -2.40. The van der Waals surface area contributed by atoms with Gasteiger partial charge in [-0.1, -0.05) is 30.7 Å². The minimum Gasteiger partial charge on any atom is -0.343 e. The van der Waals surface area contributed by atoms with Gasteiger partial charge in [-0.15, -0.1) is 0 Å². The van der Waals surface area contributed by atoms with Gasteiger partial charge in [0.15, 0.2) is 0 Å². The molecule has 0 aromatic heterocycles. The average Bonchev–Trinajstić information content (AvgIpc) is 2.87. The Hall–Kier alpha value is -2.04. The summed E-state index contributed by atoms with van der Waals surface area (Å²) in [5.74, 6) is 0.245. The average molecular weight is 343 g/mol. The van der Waals surface area contributed by atoms with E-state index in [1.807, 2.05) is 11.8 Å². The van der Waals surface area contributed by atoms with E-state index in [1.165, 1.54) is 16.7 Å². The third kappa shape index (κ3) is 3.24. The summed E-state index contributed by atoms with van der Waals surface area (Å²) in [5.41, 5.74) is 3.96. The fourth-order valence-electron chi connectivity index (χ4n) is 4.33. The Kier molecular flexibility index (Phi) is 4.76. The topological polar surface area (TPSA) is 52.7 Å². The van der Waals surface area contributed by atoms with Crippen LogP contribution < -0.4 is 5.32 Å². The van der Waals surface area contributed by atoms with Gasteiger partial charge in [0.05, 0.1) is 6.04 Å². The highest BCUT2D eigenvalue weighted by Crippen LogP contribution is 2.51. The van der Waals surface area contributed by atoms with E-state index in [2.05, 4.69) is 30.4 Å².